The smallest absolute Gasteiger partial charge is 0.480 e. The van der Waals surface area contributed by atoms with Crippen molar-refractivity contribution in [2.24, 2.45) is 5.41 Å². The molecule has 0 spiro atoms. The number of benzene rings is 1. The third kappa shape index (κ3) is 12.8. The number of carboxylic acids is 1. The van der Waals surface area contributed by atoms with Crippen molar-refractivity contribution in [3.05, 3.63) is 23.8 Å². The molecule has 1 unspecified atom stereocenters. The van der Waals surface area contributed by atoms with Gasteiger partial charge in [-0.05, 0) is 92.9 Å². The van der Waals surface area contributed by atoms with E-state index in [1.54, 1.807) is 62.3 Å². The van der Waals surface area contributed by atoms with E-state index in [-0.39, 0.29) is 30.4 Å². The summed E-state index contributed by atoms with van der Waals surface area (Å²) in [6.45, 7) is 17.2. The summed E-state index contributed by atoms with van der Waals surface area (Å²) in [6.07, 6.45) is -2.03. The Bertz CT molecular complexity index is 1020. The van der Waals surface area contributed by atoms with Crippen LogP contribution in [-0.4, -0.2) is 59.2 Å². The first-order valence-corrected chi connectivity index (χ1v) is 12.8. The highest BCUT2D eigenvalue weighted by Crippen LogP contribution is 2.31. The van der Waals surface area contributed by atoms with Gasteiger partial charge >= 0.3 is 24.2 Å². The Kier molecular flexibility index (Phi) is 11.8. The molecule has 2 N–H and O–H groups in total. The molecule has 1 rings (SSSR count). The number of carbonyl (C=O) groups excluding carboxylic acids is 3. The van der Waals surface area contributed by atoms with Crippen LogP contribution in [0.25, 0.3) is 0 Å². The third-order valence-electron chi connectivity index (χ3n) is 5.31. The van der Waals surface area contributed by atoms with Gasteiger partial charge in [0.1, 0.15) is 23.3 Å². The van der Waals surface area contributed by atoms with E-state index in [0.717, 1.165) is 0 Å². The normalized spacial score (nSPS) is 13.6. The maximum atomic E-state index is 12.3. The minimum Gasteiger partial charge on any atom is -0.480 e. The molecule has 1 aromatic rings. The highest BCUT2D eigenvalue weighted by Gasteiger charge is 2.29. The monoisotopic (exact) mass is 553 g/mol. The Balaban J connectivity index is 3.08. The van der Waals surface area contributed by atoms with Crippen molar-refractivity contribution in [2.75, 3.05) is 6.54 Å². The Morgan fingerprint density at radius 3 is 1.85 bits per heavy atom. The summed E-state index contributed by atoms with van der Waals surface area (Å²) in [4.78, 5) is 48.8. The molecule has 11 heteroatoms. The molecular weight excluding hydrogens is 510 g/mol. The summed E-state index contributed by atoms with van der Waals surface area (Å²) in [5.74, 6) is -1.76. The first-order chi connectivity index (χ1) is 17.7. The van der Waals surface area contributed by atoms with Crippen LogP contribution < -0.4 is 14.8 Å². The van der Waals surface area contributed by atoms with Gasteiger partial charge < -0.3 is 34.1 Å². The fraction of sp³-hybridized carbons (Fsp3) is 0.643. The second-order valence-corrected chi connectivity index (χ2v) is 11.9. The first-order valence-electron chi connectivity index (χ1n) is 12.8. The van der Waals surface area contributed by atoms with Gasteiger partial charge in [0.2, 0.25) is 0 Å². The fourth-order valence-electron chi connectivity index (χ4n) is 2.88. The Morgan fingerprint density at radius 1 is 0.872 bits per heavy atom. The maximum absolute atomic E-state index is 12.3. The topological polar surface area (TPSA) is 147 Å². The van der Waals surface area contributed by atoms with Gasteiger partial charge in [-0.3, -0.25) is 9.59 Å². The summed E-state index contributed by atoms with van der Waals surface area (Å²) in [7, 11) is 0. The lowest BCUT2D eigenvalue weighted by Crippen LogP contribution is -2.43. The van der Waals surface area contributed by atoms with Crippen LogP contribution in [-0.2, 0) is 30.2 Å². The molecule has 11 nitrogen and oxygen atoms in total. The van der Waals surface area contributed by atoms with E-state index in [0.29, 0.717) is 12.0 Å². The molecule has 0 fully saturated rings. The molecule has 0 bridgehead atoms. The zero-order valence-corrected chi connectivity index (χ0v) is 24.6. The Hall–Kier alpha value is -3.34. The van der Waals surface area contributed by atoms with Gasteiger partial charge in [0.15, 0.2) is 11.5 Å². The summed E-state index contributed by atoms with van der Waals surface area (Å²) < 4.78 is 26.3. The fourth-order valence-corrected chi connectivity index (χ4v) is 2.88. The van der Waals surface area contributed by atoms with Gasteiger partial charge in [-0.1, -0.05) is 13.0 Å². The number of ether oxygens (including phenoxy) is 5. The number of aliphatic carboxylic acids is 1. The van der Waals surface area contributed by atoms with Crippen LogP contribution in [0.3, 0.4) is 0 Å². The first kappa shape index (κ1) is 33.7. The largest absolute Gasteiger partial charge is 0.514 e. The van der Waals surface area contributed by atoms with Gasteiger partial charge in [-0.2, -0.15) is 0 Å². The Morgan fingerprint density at radius 2 is 1.38 bits per heavy atom. The van der Waals surface area contributed by atoms with Crippen molar-refractivity contribution < 1.29 is 48.0 Å². The molecule has 0 aliphatic carbocycles. The SMILES string of the molecule is CCC(C)(C)C(=O)OC(C)CN[C@@H](Cc1ccc(OC(=O)OC(C)(C)C)c(OC(=O)OC(C)(C)C)c1)C(=O)O. The second-order valence-electron chi connectivity index (χ2n) is 11.9. The van der Waals surface area contributed by atoms with Gasteiger partial charge in [0, 0.05) is 6.54 Å². The molecule has 1 aromatic carbocycles. The number of hydrogen-bond acceptors (Lipinski definition) is 10. The highest BCUT2D eigenvalue weighted by molar-refractivity contribution is 5.76. The van der Waals surface area contributed by atoms with Crippen LogP contribution in [0.2, 0.25) is 0 Å². The lowest BCUT2D eigenvalue weighted by molar-refractivity contribution is -0.158. The number of rotatable bonds is 11. The van der Waals surface area contributed by atoms with Crippen LogP contribution in [0.5, 0.6) is 11.5 Å². The summed E-state index contributed by atoms with van der Waals surface area (Å²) >= 11 is 0. The van der Waals surface area contributed by atoms with Crippen LogP contribution in [0.15, 0.2) is 18.2 Å². The van der Waals surface area contributed by atoms with Crippen molar-refractivity contribution in [3.8, 4) is 11.5 Å². The van der Waals surface area contributed by atoms with Gasteiger partial charge in [0.25, 0.3) is 0 Å². The van der Waals surface area contributed by atoms with Crippen molar-refractivity contribution >= 4 is 24.2 Å². The molecule has 220 valence electrons. The third-order valence-corrected chi connectivity index (χ3v) is 5.31. The highest BCUT2D eigenvalue weighted by atomic mass is 16.8. The summed E-state index contributed by atoms with van der Waals surface area (Å²) in [6, 6.07) is 3.23. The molecule has 0 saturated heterocycles. The Labute approximate surface area is 230 Å². The number of nitrogens with one attached hydrogen (secondary N) is 1. The predicted octanol–water partition coefficient (Wildman–Crippen LogP) is 5.27. The molecule has 2 atom stereocenters. The van der Waals surface area contributed by atoms with Crippen LogP contribution in [0, 0.1) is 5.41 Å². The number of esters is 1. The van der Waals surface area contributed by atoms with Gasteiger partial charge in [-0.15, -0.1) is 0 Å². The second kappa shape index (κ2) is 13.6. The average Bonchev–Trinajstić information content (AvgIpc) is 2.75. The van der Waals surface area contributed by atoms with Crippen molar-refractivity contribution in [1.29, 1.82) is 0 Å². The molecule has 0 aliphatic heterocycles. The molecular formula is C28H43NO10. The minimum absolute atomic E-state index is 0.0200. The summed E-state index contributed by atoms with van der Waals surface area (Å²) in [5.41, 5.74) is -1.84. The summed E-state index contributed by atoms with van der Waals surface area (Å²) in [5, 5.41) is 12.7. The minimum atomic E-state index is -1.13. The van der Waals surface area contributed by atoms with E-state index in [2.05, 4.69) is 5.32 Å². The standard InChI is InChI=1S/C28H43NO10/c1-11-28(9,10)23(32)35-17(2)16-29-19(22(30)31)14-18-12-13-20(36-24(33)38-26(3,4)5)21(15-18)37-25(34)39-27(6,7)8/h12-13,15,17,19,29H,11,14,16H2,1-10H3,(H,30,31)/t17?,19-/m0/s1. The maximum Gasteiger partial charge on any atom is 0.514 e. The van der Waals surface area contributed by atoms with Crippen molar-refractivity contribution in [1.82, 2.24) is 5.32 Å². The van der Waals surface area contributed by atoms with E-state index in [4.69, 9.17) is 23.7 Å². The number of carbonyl (C=O) groups is 4. The van der Waals surface area contributed by atoms with Gasteiger partial charge in [0.05, 0.1) is 5.41 Å². The molecule has 0 radical (unpaired) electrons. The lowest BCUT2D eigenvalue weighted by atomic mass is 9.90. The zero-order chi connectivity index (χ0) is 30.2. The van der Waals surface area contributed by atoms with Gasteiger partial charge in [-0.25, -0.2) is 9.59 Å². The van der Waals surface area contributed by atoms with Crippen molar-refractivity contribution in [3.63, 3.8) is 0 Å². The zero-order valence-electron chi connectivity index (χ0n) is 24.6. The van der Waals surface area contributed by atoms with Crippen LogP contribution >= 0.6 is 0 Å². The predicted molar refractivity (Wildman–Crippen MR) is 143 cm³/mol. The average molecular weight is 554 g/mol. The van der Waals surface area contributed by atoms with E-state index < -0.39 is 47.0 Å². The van der Waals surface area contributed by atoms with E-state index in [1.807, 2.05) is 6.92 Å². The van der Waals surface area contributed by atoms with Crippen molar-refractivity contribution in [2.45, 2.75) is 105 Å². The molecule has 0 heterocycles. The molecule has 0 aromatic heterocycles. The van der Waals surface area contributed by atoms with Crippen LogP contribution in [0.1, 0.15) is 81.2 Å². The molecule has 39 heavy (non-hydrogen) atoms. The molecule has 0 aliphatic rings. The van der Waals surface area contributed by atoms with E-state index in [1.165, 1.54) is 18.2 Å². The quantitative estimate of drug-likeness (QED) is 0.210. The lowest BCUT2D eigenvalue weighted by Gasteiger charge is -2.24. The van der Waals surface area contributed by atoms with Crippen LogP contribution in [0.4, 0.5) is 9.59 Å². The van der Waals surface area contributed by atoms with E-state index >= 15 is 0 Å². The number of carboxylic acid groups (broad SMARTS) is 1. The number of hydrogen-bond donors (Lipinski definition) is 2. The molecule has 0 amide bonds. The molecule has 0 saturated carbocycles. The van der Waals surface area contributed by atoms with E-state index in [9.17, 15) is 24.3 Å².